The standard InChI is InChI=1S/C21H30N2O4/c1-3-4-9-27-18-8-7-16(12-19(18)26-2)21(25)23-22-20(24)13-17-11-14-5-6-15(17)10-14/h7-8,12,14-15,17H,3-6,9-11,13H2,1-2H3,(H,22,24)(H,23,25)/t14-,15-,17+/m1/s1. The minimum absolute atomic E-state index is 0.118. The van der Waals surface area contributed by atoms with E-state index < -0.39 is 0 Å². The lowest BCUT2D eigenvalue weighted by Gasteiger charge is -2.21. The molecule has 2 aliphatic rings. The van der Waals surface area contributed by atoms with Crippen molar-refractivity contribution in [3.05, 3.63) is 23.8 Å². The molecule has 6 nitrogen and oxygen atoms in total. The molecule has 27 heavy (non-hydrogen) atoms. The third-order valence-electron chi connectivity index (χ3n) is 5.83. The molecule has 2 fully saturated rings. The van der Waals surface area contributed by atoms with Crippen LogP contribution in [-0.2, 0) is 4.79 Å². The van der Waals surface area contributed by atoms with E-state index in [0.717, 1.165) is 25.2 Å². The number of unbranched alkanes of at least 4 members (excludes halogenated alkanes) is 1. The molecule has 1 aromatic carbocycles. The molecule has 0 aromatic heterocycles. The quantitative estimate of drug-likeness (QED) is 0.540. The van der Waals surface area contributed by atoms with Crippen molar-refractivity contribution >= 4 is 11.8 Å². The summed E-state index contributed by atoms with van der Waals surface area (Å²) in [6, 6.07) is 5.01. The van der Waals surface area contributed by atoms with Gasteiger partial charge in [-0.1, -0.05) is 19.8 Å². The van der Waals surface area contributed by atoms with Crippen molar-refractivity contribution in [2.75, 3.05) is 13.7 Å². The molecule has 1 aromatic rings. The van der Waals surface area contributed by atoms with Crippen molar-refractivity contribution in [3.63, 3.8) is 0 Å². The van der Waals surface area contributed by atoms with Gasteiger partial charge in [-0.2, -0.15) is 0 Å². The third-order valence-corrected chi connectivity index (χ3v) is 5.83. The summed E-state index contributed by atoms with van der Waals surface area (Å²) < 4.78 is 11.0. The zero-order chi connectivity index (χ0) is 19.2. The number of fused-ring (bicyclic) bond motifs is 2. The van der Waals surface area contributed by atoms with Gasteiger partial charge in [-0.25, -0.2) is 0 Å². The molecule has 2 saturated carbocycles. The Morgan fingerprint density at radius 3 is 2.67 bits per heavy atom. The fraction of sp³-hybridized carbons (Fsp3) is 0.619. The highest BCUT2D eigenvalue weighted by Gasteiger charge is 2.40. The molecule has 2 amide bonds. The van der Waals surface area contributed by atoms with Gasteiger partial charge in [0.2, 0.25) is 5.91 Å². The van der Waals surface area contributed by atoms with Crippen LogP contribution >= 0.6 is 0 Å². The first-order valence-electron chi connectivity index (χ1n) is 10.0. The number of amides is 2. The molecule has 0 unspecified atom stereocenters. The number of benzene rings is 1. The van der Waals surface area contributed by atoms with Crippen molar-refractivity contribution in [1.82, 2.24) is 10.9 Å². The number of hydrazine groups is 1. The van der Waals surface area contributed by atoms with Crippen LogP contribution < -0.4 is 20.3 Å². The SMILES string of the molecule is CCCCOc1ccc(C(=O)NNC(=O)C[C@@H]2C[C@@H]3CC[C@@H]2C3)cc1OC. The van der Waals surface area contributed by atoms with Crippen LogP contribution in [0.3, 0.4) is 0 Å². The smallest absolute Gasteiger partial charge is 0.269 e. The van der Waals surface area contributed by atoms with Crippen LogP contribution in [0.1, 0.15) is 62.2 Å². The summed E-state index contributed by atoms with van der Waals surface area (Å²) in [7, 11) is 1.54. The largest absolute Gasteiger partial charge is 0.493 e. The summed E-state index contributed by atoms with van der Waals surface area (Å²) in [5.74, 6) is 2.62. The van der Waals surface area contributed by atoms with Crippen molar-refractivity contribution in [2.45, 2.75) is 51.9 Å². The molecule has 0 aliphatic heterocycles. The minimum Gasteiger partial charge on any atom is -0.493 e. The van der Waals surface area contributed by atoms with Crippen LogP contribution in [0.5, 0.6) is 11.5 Å². The molecule has 3 rings (SSSR count). The van der Waals surface area contributed by atoms with Gasteiger partial charge in [0.15, 0.2) is 11.5 Å². The summed E-state index contributed by atoms with van der Waals surface area (Å²) in [4.78, 5) is 24.5. The Balaban J connectivity index is 1.49. The monoisotopic (exact) mass is 374 g/mol. The predicted molar refractivity (Wildman–Crippen MR) is 103 cm³/mol. The number of hydrogen-bond acceptors (Lipinski definition) is 4. The highest BCUT2D eigenvalue weighted by atomic mass is 16.5. The number of carbonyl (C=O) groups excluding carboxylic acids is 2. The van der Waals surface area contributed by atoms with Gasteiger partial charge < -0.3 is 9.47 Å². The van der Waals surface area contributed by atoms with E-state index in [2.05, 4.69) is 17.8 Å². The van der Waals surface area contributed by atoms with E-state index in [-0.39, 0.29) is 11.8 Å². The van der Waals surface area contributed by atoms with Crippen LogP contribution in [0.25, 0.3) is 0 Å². The molecule has 0 heterocycles. The first-order valence-corrected chi connectivity index (χ1v) is 10.0. The summed E-state index contributed by atoms with van der Waals surface area (Å²) in [6.07, 6.45) is 7.50. The maximum atomic E-state index is 12.3. The average Bonchev–Trinajstić information content (AvgIpc) is 3.29. The van der Waals surface area contributed by atoms with E-state index in [1.807, 2.05) is 0 Å². The molecule has 3 atom stereocenters. The van der Waals surface area contributed by atoms with Gasteiger partial charge in [-0.15, -0.1) is 0 Å². The summed E-state index contributed by atoms with van der Waals surface area (Å²) in [6.45, 7) is 2.71. The van der Waals surface area contributed by atoms with Crippen LogP contribution in [0.15, 0.2) is 18.2 Å². The Bertz CT molecular complexity index is 676. The lowest BCUT2D eigenvalue weighted by molar-refractivity contribution is -0.123. The minimum atomic E-state index is -0.366. The number of ether oxygens (including phenoxy) is 2. The Kier molecular flexibility index (Phi) is 6.58. The number of hydrogen-bond donors (Lipinski definition) is 2. The number of carbonyl (C=O) groups is 2. The van der Waals surface area contributed by atoms with Gasteiger partial charge in [-0.3, -0.25) is 20.4 Å². The van der Waals surface area contributed by atoms with Gasteiger partial charge in [0, 0.05) is 12.0 Å². The Hall–Kier alpha value is -2.24. The molecular weight excluding hydrogens is 344 g/mol. The summed E-state index contributed by atoms with van der Waals surface area (Å²) >= 11 is 0. The Morgan fingerprint density at radius 2 is 2.00 bits per heavy atom. The number of nitrogens with one attached hydrogen (secondary N) is 2. The molecule has 0 spiro atoms. The van der Waals surface area contributed by atoms with Crippen LogP contribution in [-0.4, -0.2) is 25.5 Å². The fourth-order valence-corrected chi connectivity index (χ4v) is 4.37. The molecule has 0 saturated heterocycles. The van der Waals surface area contributed by atoms with E-state index in [1.54, 1.807) is 25.3 Å². The molecule has 0 radical (unpaired) electrons. The molecular formula is C21H30N2O4. The van der Waals surface area contributed by atoms with Gasteiger partial charge in [0.1, 0.15) is 0 Å². The second kappa shape index (κ2) is 9.11. The molecule has 2 N–H and O–H groups in total. The van der Waals surface area contributed by atoms with Crippen molar-refractivity contribution in [1.29, 1.82) is 0 Å². The summed E-state index contributed by atoms with van der Waals surface area (Å²) in [5, 5.41) is 0. The van der Waals surface area contributed by atoms with Crippen LogP contribution in [0.4, 0.5) is 0 Å². The van der Waals surface area contributed by atoms with Gasteiger partial charge in [0.05, 0.1) is 13.7 Å². The molecule has 6 heteroatoms. The first-order chi connectivity index (χ1) is 13.1. The third kappa shape index (κ3) is 4.93. The van der Waals surface area contributed by atoms with E-state index in [4.69, 9.17) is 9.47 Å². The summed E-state index contributed by atoms with van der Waals surface area (Å²) in [5.41, 5.74) is 5.47. The highest BCUT2D eigenvalue weighted by molar-refractivity contribution is 5.96. The average molecular weight is 374 g/mol. The van der Waals surface area contributed by atoms with Crippen molar-refractivity contribution in [2.24, 2.45) is 17.8 Å². The lowest BCUT2D eigenvalue weighted by Crippen LogP contribution is -2.42. The van der Waals surface area contributed by atoms with E-state index >= 15 is 0 Å². The van der Waals surface area contributed by atoms with Crippen LogP contribution in [0, 0.1) is 17.8 Å². The van der Waals surface area contributed by atoms with Gasteiger partial charge in [0.25, 0.3) is 5.91 Å². The maximum Gasteiger partial charge on any atom is 0.269 e. The second-order valence-corrected chi connectivity index (χ2v) is 7.71. The topological polar surface area (TPSA) is 76.7 Å². The van der Waals surface area contributed by atoms with E-state index in [0.29, 0.717) is 41.9 Å². The Morgan fingerprint density at radius 1 is 1.15 bits per heavy atom. The van der Waals surface area contributed by atoms with Gasteiger partial charge in [-0.05, 0) is 61.6 Å². The Labute approximate surface area is 161 Å². The van der Waals surface area contributed by atoms with Crippen LogP contribution in [0.2, 0.25) is 0 Å². The molecule has 148 valence electrons. The number of rotatable bonds is 8. The highest BCUT2D eigenvalue weighted by Crippen LogP contribution is 2.49. The molecule has 2 aliphatic carbocycles. The van der Waals surface area contributed by atoms with Gasteiger partial charge >= 0.3 is 0 Å². The molecule has 2 bridgehead atoms. The lowest BCUT2D eigenvalue weighted by atomic mass is 9.86. The first kappa shape index (κ1) is 19.5. The fourth-order valence-electron chi connectivity index (χ4n) is 4.37. The van der Waals surface area contributed by atoms with E-state index in [1.165, 1.54) is 19.3 Å². The predicted octanol–water partition coefficient (Wildman–Crippen LogP) is 3.46. The second-order valence-electron chi connectivity index (χ2n) is 7.71. The normalized spacial score (nSPS) is 23.1. The van der Waals surface area contributed by atoms with Crippen molar-refractivity contribution in [3.8, 4) is 11.5 Å². The zero-order valence-electron chi connectivity index (χ0n) is 16.3. The number of methoxy groups -OCH3 is 1. The zero-order valence-corrected chi connectivity index (χ0v) is 16.3. The van der Waals surface area contributed by atoms with Crippen molar-refractivity contribution < 1.29 is 19.1 Å². The maximum absolute atomic E-state index is 12.3. The van der Waals surface area contributed by atoms with E-state index in [9.17, 15) is 9.59 Å².